The Labute approximate surface area is 160 Å². The van der Waals surface area contributed by atoms with Crippen LogP contribution in [0, 0.1) is 0 Å². The molecule has 1 aliphatic rings. The maximum Gasteiger partial charge on any atom is 0.219 e. The lowest BCUT2D eigenvalue weighted by Crippen LogP contribution is -2.46. The molecule has 0 saturated heterocycles. The number of amides is 1. The molecule has 1 aromatic carbocycles. The van der Waals surface area contributed by atoms with E-state index in [1.807, 2.05) is 34.2 Å². The van der Waals surface area contributed by atoms with Crippen LogP contribution in [-0.2, 0) is 14.4 Å². The predicted octanol–water partition coefficient (Wildman–Crippen LogP) is 2.93. The molecule has 1 heterocycles. The van der Waals surface area contributed by atoms with Gasteiger partial charge in [0.05, 0.1) is 23.2 Å². The summed E-state index contributed by atoms with van der Waals surface area (Å²) in [7, 11) is 1.59. The second kappa shape index (κ2) is 10.6. The van der Waals surface area contributed by atoms with E-state index >= 15 is 0 Å². The average Bonchev–Trinajstić information content (AvgIpc) is 2.68. The van der Waals surface area contributed by atoms with Crippen molar-refractivity contribution in [2.45, 2.75) is 44.6 Å². The van der Waals surface area contributed by atoms with Gasteiger partial charge in [-0.3, -0.25) is 14.7 Å². The molecule has 7 heteroatoms. The Morgan fingerprint density at radius 2 is 2.04 bits per heavy atom. The molecule has 0 bridgehead atoms. The maximum absolute atomic E-state index is 11.6. The largest absolute Gasteiger partial charge is 0.513 e. The van der Waals surface area contributed by atoms with Crippen molar-refractivity contribution in [2.75, 3.05) is 30.3 Å². The second-order valence-electron chi connectivity index (χ2n) is 6.61. The van der Waals surface area contributed by atoms with E-state index in [1.54, 1.807) is 7.05 Å². The number of rotatable bonds is 11. The van der Waals surface area contributed by atoms with Crippen molar-refractivity contribution in [3.05, 3.63) is 36.6 Å². The fourth-order valence-corrected chi connectivity index (χ4v) is 3.11. The number of allylic oxidation sites excluding steroid dienone is 1. The normalized spacial score (nSPS) is 14.4. The molecule has 2 N–H and O–H groups in total. The summed E-state index contributed by atoms with van der Waals surface area (Å²) in [6.45, 7) is 4.49. The lowest BCUT2D eigenvalue weighted by Gasteiger charge is -2.40. The van der Waals surface area contributed by atoms with Gasteiger partial charge in [-0.05, 0) is 31.4 Å². The van der Waals surface area contributed by atoms with Gasteiger partial charge in [0.15, 0.2) is 0 Å². The number of carbonyl (C=O) groups is 2. The van der Waals surface area contributed by atoms with E-state index in [4.69, 9.17) is 9.94 Å². The number of carbonyl (C=O) groups excluding carboxylic acids is 2. The first kappa shape index (κ1) is 20.8. The van der Waals surface area contributed by atoms with Crippen molar-refractivity contribution < 1.29 is 19.5 Å². The zero-order chi connectivity index (χ0) is 19.6. The van der Waals surface area contributed by atoms with E-state index < -0.39 is 6.04 Å². The smallest absolute Gasteiger partial charge is 0.219 e. The summed E-state index contributed by atoms with van der Waals surface area (Å²) in [6, 6.07) is 7.40. The maximum atomic E-state index is 11.6. The van der Waals surface area contributed by atoms with Gasteiger partial charge in [0.2, 0.25) is 5.91 Å². The first-order chi connectivity index (χ1) is 13.1. The molecule has 0 aliphatic carbocycles. The summed E-state index contributed by atoms with van der Waals surface area (Å²) in [6.07, 6.45) is 5.01. The Morgan fingerprint density at radius 3 is 2.70 bits per heavy atom. The molecule has 0 fully saturated rings. The Bertz CT molecular complexity index is 650. The zero-order valence-corrected chi connectivity index (χ0v) is 15.9. The summed E-state index contributed by atoms with van der Waals surface area (Å²) in [4.78, 5) is 30.9. The fourth-order valence-electron chi connectivity index (χ4n) is 3.11. The van der Waals surface area contributed by atoms with Crippen LogP contribution in [-0.4, -0.2) is 43.7 Å². The van der Waals surface area contributed by atoms with Crippen LogP contribution in [0.1, 0.15) is 38.5 Å². The standard InChI is InChI=1S/C20H29N3O4/c1-16(25)8-4-3-7-13-23-19-10-6-5-9-18(19)22(15-27-23)17(14-24)11-12-20(26)21-2/h5-6,9-10,14,17,25H,1,3-4,7-8,11-13,15H2,2H3,(H,21,26). The molecule has 1 atom stereocenters. The molecule has 1 aliphatic heterocycles. The minimum Gasteiger partial charge on any atom is -0.513 e. The highest BCUT2D eigenvalue weighted by atomic mass is 16.7. The van der Waals surface area contributed by atoms with Gasteiger partial charge < -0.3 is 20.1 Å². The first-order valence-electron chi connectivity index (χ1n) is 9.35. The predicted molar refractivity (Wildman–Crippen MR) is 106 cm³/mol. The monoisotopic (exact) mass is 375 g/mol. The third-order valence-electron chi connectivity index (χ3n) is 4.64. The number of anilines is 2. The quantitative estimate of drug-likeness (QED) is 0.352. The van der Waals surface area contributed by atoms with Crippen LogP contribution >= 0.6 is 0 Å². The highest BCUT2D eigenvalue weighted by molar-refractivity contribution is 5.79. The number of aldehydes is 1. The number of hydroxylamine groups is 1. The topological polar surface area (TPSA) is 82.1 Å². The van der Waals surface area contributed by atoms with Crippen LogP contribution in [0.25, 0.3) is 0 Å². The molecule has 0 saturated carbocycles. The van der Waals surface area contributed by atoms with Gasteiger partial charge in [0.1, 0.15) is 13.0 Å². The lowest BCUT2D eigenvalue weighted by molar-refractivity contribution is -0.120. The molecule has 2 rings (SSSR count). The molecular weight excluding hydrogens is 346 g/mol. The van der Waals surface area contributed by atoms with Crippen molar-refractivity contribution in [1.29, 1.82) is 0 Å². The highest BCUT2D eigenvalue weighted by Gasteiger charge is 2.28. The van der Waals surface area contributed by atoms with E-state index in [-0.39, 0.29) is 18.4 Å². The van der Waals surface area contributed by atoms with Gasteiger partial charge in [0.25, 0.3) is 0 Å². The average molecular weight is 375 g/mol. The minimum atomic E-state index is -0.416. The summed E-state index contributed by atoms with van der Waals surface area (Å²) < 4.78 is 0. The van der Waals surface area contributed by atoms with Crippen molar-refractivity contribution in [3.63, 3.8) is 0 Å². The number of nitrogens with one attached hydrogen (secondary N) is 1. The van der Waals surface area contributed by atoms with Crippen LogP contribution in [0.2, 0.25) is 0 Å². The number of fused-ring (bicyclic) bond motifs is 1. The van der Waals surface area contributed by atoms with Crippen LogP contribution in [0.15, 0.2) is 36.6 Å². The number of aliphatic hydroxyl groups excluding tert-OH is 1. The van der Waals surface area contributed by atoms with Gasteiger partial charge in [-0.2, -0.15) is 0 Å². The molecule has 0 aromatic heterocycles. The second-order valence-corrected chi connectivity index (χ2v) is 6.61. The summed E-state index contributed by atoms with van der Waals surface area (Å²) >= 11 is 0. The number of aliphatic hydroxyl groups is 1. The molecule has 1 aromatic rings. The number of hydrogen-bond acceptors (Lipinski definition) is 6. The Kier molecular flexibility index (Phi) is 8.13. The summed E-state index contributed by atoms with van der Waals surface area (Å²) in [5.74, 6) is 0.141. The van der Waals surface area contributed by atoms with Gasteiger partial charge in [-0.25, -0.2) is 0 Å². The third kappa shape index (κ3) is 5.99. The summed E-state index contributed by atoms with van der Waals surface area (Å²) in [5.41, 5.74) is 1.85. The van der Waals surface area contributed by atoms with Crippen LogP contribution in [0.3, 0.4) is 0 Å². The molecular formula is C20H29N3O4. The third-order valence-corrected chi connectivity index (χ3v) is 4.64. The molecule has 148 valence electrons. The Hall–Kier alpha value is -2.54. The van der Waals surface area contributed by atoms with E-state index in [9.17, 15) is 9.59 Å². The summed E-state index contributed by atoms with van der Waals surface area (Å²) in [5, 5.41) is 13.6. The van der Waals surface area contributed by atoms with E-state index in [2.05, 4.69) is 11.9 Å². The SMILES string of the molecule is C=C(O)CCCCCN1OCN(C(C=O)CCC(=O)NC)c2ccccc21. The highest BCUT2D eigenvalue weighted by Crippen LogP contribution is 2.35. The zero-order valence-electron chi connectivity index (χ0n) is 15.9. The fraction of sp³-hybridized carbons (Fsp3) is 0.500. The number of para-hydroxylation sites is 2. The Morgan fingerprint density at radius 1 is 1.30 bits per heavy atom. The first-order valence-corrected chi connectivity index (χ1v) is 9.35. The van der Waals surface area contributed by atoms with Gasteiger partial charge in [0, 0.05) is 26.4 Å². The van der Waals surface area contributed by atoms with E-state index in [1.165, 1.54) is 0 Å². The molecule has 0 spiro atoms. The molecule has 27 heavy (non-hydrogen) atoms. The molecule has 0 radical (unpaired) electrons. The van der Waals surface area contributed by atoms with Crippen molar-refractivity contribution >= 4 is 23.6 Å². The number of hydrogen-bond donors (Lipinski definition) is 2. The van der Waals surface area contributed by atoms with Gasteiger partial charge in [-0.1, -0.05) is 25.1 Å². The lowest BCUT2D eigenvalue weighted by atomic mass is 10.1. The van der Waals surface area contributed by atoms with Crippen LogP contribution in [0.4, 0.5) is 11.4 Å². The number of unbranched alkanes of at least 4 members (excludes halogenated alkanes) is 2. The molecule has 1 unspecified atom stereocenters. The number of benzene rings is 1. The molecule has 1 amide bonds. The molecule has 7 nitrogen and oxygen atoms in total. The van der Waals surface area contributed by atoms with E-state index in [0.29, 0.717) is 19.3 Å². The van der Waals surface area contributed by atoms with Crippen LogP contribution in [0.5, 0.6) is 0 Å². The van der Waals surface area contributed by atoms with Crippen molar-refractivity contribution in [2.24, 2.45) is 0 Å². The van der Waals surface area contributed by atoms with E-state index in [0.717, 1.165) is 43.5 Å². The minimum absolute atomic E-state index is 0.0831. The van der Waals surface area contributed by atoms with Crippen LogP contribution < -0.4 is 15.3 Å². The van der Waals surface area contributed by atoms with Gasteiger partial charge >= 0.3 is 0 Å². The van der Waals surface area contributed by atoms with Crippen molar-refractivity contribution in [3.8, 4) is 0 Å². The van der Waals surface area contributed by atoms with Gasteiger partial charge in [-0.15, -0.1) is 0 Å². The van der Waals surface area contributed by atoms with Crippen molar-refractivity contribution in [1.82, 2.24) is 5.32 Å². The number of nitrogens with zero attached hydrogens (tertiary/aromatic N) is 2. The Balaban J connectivity index is 2.00.